The molecule has 10 nitrogen and oxygen atoms in total. The average Bonchev–Trinajstić information content (AvgIpc) is 3.87. The molecule has 4 aliphatic carbocycles. The van der Waals surface area contributed by atoms with E-state index >= 15 is 0 Å². The highest BCUT2D eigenvalue weighted by molar-refractivity contribution is 6.32. The second-order valence-electron chi connectivity index (χ2n) is 12.6. The van der Waals surface area contributed by atoms with Gasteiger partial charge in [-0.3, -0.25) is 29.4 Å². The Morgan fingerprint density at radius 3 is 2.21 bits per heavy atom. The molecule has 0 spiro atoms. The predicted octanol–water partition coefficient (Wildman–Crippen LogP) is 6.37. The van der Waals surface area contributed by atoms with E-state index in [-0.39, 0.29) is 52.3 Å². The number of aryl methyl sites for hydroxylation is 1. The number of hydrogen-bond donors (Lipinski definition) is 0. The van der Waals surface area contributed by atoms with Crippen molar-refractivity contribution in [3.63, 3.8) is 0 Å². The van der Waals surface area contributed by atoms with E-state index in [2.05, 4.69) is 12.2 Å². The van der Waals surface area contributed by atoms with Crippen LogP contribution in [0, 0.1) is 52.5 Å². The minimum absolute atomic E-state index is 0.134. The maximum Gasteiger partial charge on any atom is 0.339 e. The first-order valence-corrected chi connectivity index (χ1v) is 15.7. The number of hydrogen-bond acceptors (Lipinski definition) is 8. The molecule has 1 aromatic heterocycles. The summed E-state index contributed by atoms with van der Waals surface area (Å²) in [5.41, 5.74) is 2.86. The highest BCUT2D eigenvalue weighted by atomic mass is 35.5. The standard InChI is InChI=1S/C36H26ClN3O7/c1-17-28(37)13-12-24-27(36(44)47-16-30(41)19-4-8-21(9-5-19)40(45)46)15-29(38-33(17)24)18-2-6-20(7-3-18)39-34(42)31-22-10-11-23(26-14-25(22)26)32(31)35(39)43/h2-13,15,22-23,25-26,31-32H,14,16H2,1H3. The molecular weight excluding hydrogens is 622 g/mol. The lowest BCUT2D eigenvalue weighted by Gasteiger charge is -2.37. The third-order valence-electron chi connectivity index (χ3n) is 10.2. The monoisotopic (exact) mass is 647 g/mol. The minimum Gasteiger partial charge on any atom is -0.454 e. The quantitative estimate of drug-likeness (QED) is 0.0564. The molecule has 5 aliphatic rings. The van der Waals surface area contributed by atoms with Gasteiger partial charge in [0.1, 0.15) is 0 Å². The van der Waals surface area contributed by atoms with Crippen LogP contribution in [0.2, 0.25) is 5.02 Å². The van der Waals surface area contributed by atoms with Gasteiger partial charge >= 0.3 is 5.97 Å². The third-order valence-corrected chi connectivity index (χ3v) is 10.6. The summed E-state index contributed by atoms with van der Waals surface area (Å²) in [5.74, 6) is -0.846. The molecule has 2 amide bonds. The van der Waals surface area contributed by atoms with E-state index in [0.29, 0.717) is 50.3 Å². The van der Waals surface area contributed by atoms with Crippen molar-refractivity contribution in [1.29, 1.82) is 0 Å². The van der Waals surface area contributed by atoms with Gasteiger partial charge in [-0.15, -0.1) is 0 Å². The number of ketones is 1. The molecule has 2 bridgehead atoms. The van der Waals surface area contributed by atoms with Gasteiger partial charge in [0.25, 0.3) is 5.69 Å². The topological polar surface area (TPSA) is 137 Å². The number of carbonyl (C=O) groups is 4. The number of Topliss-reactive ketones (excluding diaryl/α,β-unsaturated/α-hetero) is 1. The molecule has 3 fully saturated rings. The molecule has 1 saturated heterocycles. The summed E-state index contributed by atoms with van der Waals surface area (Å²) in [6.45, 7) is 1.21. The number of nitrogens with zero attached hydrogens (tertiary/aromatic N) is 3. The number of aromatic nitrogens is 1. The van der Waals surface area contributed by atoms with Crippen LogP contribution < -0.4 is 4.90 Å². The number of benzene rings is 3. The number of nitro benzene ring substituents is 1. The smallest absolute Gasteiger partial charge is 0.339 e. The Morgan fingerprint density at radius 1 is 0.957 bits per heavy atom. The number of pyridine rings is 1. The van der Waals surface area contributed by atoms with Crippen LogP contribution in [0.25, 0.3) is 22.2 Å². The number of allylic oxidation sites excluding steroid dienone is 2. The summed E-state index contributed by atoms with van der Waals surface area (Å²) >= 11 is 6.41. The number of amides is 2. The number of carbonyl (C=O) groups excluding carboxylic acids is 4. The zero-order valence-corrected chi connectivity index (χ0v) is 25.7. The first kappa shape index (κ1) is 29.2. The van der Waals surface area contributed by atoms with Crippen molar-refractivity contribution in [1.82, 2.24) is 4.98 Å². The molecule has 2 heterocycles. The summed E-state index contributed by atoms with van der Waals surface area (Å²) in [4.78, 5) is 69.8. The molecule has 0 N–H and O–H groups in total. The van der Waals surface area contributed by atoms with Gasteiger partial charge in [0.2, 0.25) is 11.8 Å². The van der Waals surface area contributed by atoms with E-state index in [1.54, 1.807) is 49.4 Å². The largest absolute Gasteiger partial charge is 0.454 e. The number of halogens is 1. The number of rotatable bonds is 7. The maximum absolute atomic E-state index is 13.6. The number of nitro groups is 1. The van der Waals surface area contributed by atoms with E-state index in [4.69, 9.17) is 21.3 Å². The summed E-state index contributed by atoms with van der Waals surface area (Å²) in [7, 11) is 0. The molecule has 234 valence electrons. The Morgan fingerprint density at radius 2 is 1.60 bits per heavy atom. The zero-order chi connectivity index (χ0) is 32.7. The number of non-ortho nitro benzene ring substituents is 1. The lowest BCUT2D eigenvalue weighted by molar-refractivity contribution is -0.384. The SMILES string of the molecule is Cc1c(Cl)ccc2c(C(=O)OCC(=O)c3ccc([N+](=O)[O-])cc3)cc(-c3ccc(N4C(=O)C5C6C=CC(C7CC67)C5C4=O)cc3)nc12. The van der Waals surface area contributed by atoms with Gasteiger partial charge in [0.15, 0.2) is 12.4 Å². The zero-order valence-electron chi connectivity index (χ0n) is 25.0. The van der Waals surface area contributed by atoms with Crippen molar-refractivity contribution in [3.8, 4) is 11.3 Å². The van der Waals surface area contributed by atoms with Gasteiger partial charge in [0.05, 0.1) is 39.2 Å². The molecule has 4 aromatic rings. The first-order valence-electron chi connectivity index (χ1n) is 15.3. The van der Waals surface area contributed by atoms with E-state index in [1.165, 1.54) is 29.2 Å². The van der Waals surface area contributed by atoms with Gasteiger partial charge in [-0.1, -0.05) is 42.0 Å². The minimum atomic E-state index is -0.760. The molecule has 3 aromatic carbocycles. The van der Waals surface area contributed by atoms with Gasteiger partial charge in [-0.2, -0.15) is 0 Å². The Labute approximate surface area is 273 Å². The molecule has 2 saturated carbocycles. The average molecular weight is 648 g/mol. The molecule has 6 atom stereocenters. The van der Waals surface area contributed by atoms with Crippen molar-refractivity contribution in [2.24, 2.45) is 35.5 Å². The van der Waals surface area contributed by atoms with Crippen LogP contribution in [0.1, 0.15) is 32.7 Å². The number of imide groups is 1. The normalized spacial score (nSPS) is 25.1. The Bertz CT molecular complexity index is 2060. The van der Waals surface area contributed by atoms with Gasteiger partial charge in [-0.05, 0) is 79.0 Å². The molecule has 11 heteroatoms. The molecule has 9 rings (SSSR count). The van der Waals surface area contributed by atoms with Gasteiger partial charge in [-0.25, -0.2) is 9.78 Å². The predicted molar refractivity (Wildman–Crippen MR) is 172 cm³/mol. The van der Waals surface area contributed by atoms with Crippen LogP contribution in [-0.4, -0.2) is 40.1 Å². The number of ether oxygens (including phenoxy) is 1. The summed E-state index contributed by atoms with van der Waals surface area (Å²) in [6.07, 6.45) is 5.39. The number of anilines is 1. The second-order valence-corrected chi connectivity index (χ2v) is 13.0. The van der Waals surface area contributed by atoms with Crippen LogP contribution in [0.5, 0.6) is 0 Å². The van der Waals surface area contributed by atoms with Crippen LogP contribution >= 0.6 is 11.6 Å². The molecular formula is C36H26ClN3O7. The van der Waals surface area contributed by atoms with E-state index < -0.39 is 23.3 Å². The van der Waals surface area contributed by atoms with Crippen molar-refractivity contribution in [2.45, 2.75) is 13.3 Å². The molecule has 0 radical (unpaired) electrons. The fourth-order valence-corrected chi connectivity index (χ4v) is 7.93. The van der Waals surface area contributed by atoms with Crippen LogP contribution in [0.15, 0.2) is 78.9 Å². The summed E-state index contributed by atoms with van der Waals surface area (Å²) < 4.78 is 5.41. The molecule has 47 heavy (non-hydrogen) atoms. The van der Waals surface area contributed by atoms with E-state index in [0.717, 1.165) is 6.42 Å². The summed E-state index contributed by atoms with van der Waals surface area (Å²) in [6, 6.07) is 16.9. The van der Waals surface area contributed by atoms with Crippen LogP contribution in [0.4, 0.5) is 11.4 Å². The lowest BCUT2D eigenvalue weighted by atomic mass is 9.63. The van der Waals surface area contributed by atoms with Crippen LogP contribution in [0.3, 0.4) is 0 Å². The second kappa shape index (κ2) is 10.7. The van der Waals surface area contributed by atoms with Gasteiger partial charge in [0, 0.05) is 33.7 Å². The first-order chi connectivity index (χ1) is 22.6. The van der Waals surface area contributed by atoms with Crippen molar-refractivity contribution >= 4 is 57.4 Å². The van der Waals surface area contributed by atoms with Crippen molar-refractivity contribution < 1.29 is 28.8 Å². The number of esters is 1. The Hall–Kier alpha value is -5.22. The maximum atomic E-state index is 13.6. The lowest BCUT2D eigenvalue weighted by Crippen LogP contribution is -2.40. The van der Waals surface area contributed by atoms with E-state index in [1.807, 2.05) is 0 Å². The van der Waals surface area contributed by atoms with Crippen molar-refractivity contribution in [3.05, 3.63) is 111 Å². The third kappa shape index (κ3) is 4.58. The van der Waals surface area contributed by atoms with Gasteiger partial charge < -0.3 is 4.74 Å². The number of fused-ring (bicyclic) bond motifs is 1. The molecule has 6 unspecified atom stereocenters. The highest BCUT2D eigenvalue weighted by Gasteiger charge is 2.67. The van der Waals surface area contributed by atoms with Crippen LogP contribution in [-0.2, 0) is 14.3 Å². The Kier molecular flexibility index (Phi) is 6.63. The molecule has 1 aliphatic heterocycles. The van der Waals surface area contributed by atoms with E-state index in [9.17, 15) is 29.3 Å². The fourth-order valence-electron chi connectivity index (χ4n) is 7.77. The summed E-state index contributed by atoms with van der Waals surface area (Å²) in [5, 5.41) is 11.9. The Balaban J connectivity index is 1.07. The van der Waals surface area contributed by atoms with Crippen molar-refractivity contribution in [2.75, 3.05) is 11.5 Å². The highest BCUT2D eigenvalue weighted by Crippen LogP contribution is 2.65. The fraction of sp³-hybridized carbons (Fsp3) is 0.250.